The lowest BCUT2D eigenvalue weighted by Crippen LogP contribution is -2.50. The van der Waals surface area contributed by atoms with Crippen LogP contribution in [0.5, 0.6) is 11.5 Å². The molecule has 0 radical (unpaired) electrons. The number of ether oxygens (including phenoxy) is 2. The molecule has 26 heavy (non-hydrogen) atoms. The van der Waals surface area contributed by atoms with Crippen LogP contribution >= 0.6 is 0 Å². The molecule has 0 aliphatic carbocycles. The summed E-state index contributed by atoms with van der Waals surface area (Å²) in [6.07, 6.45) is 6.89. The van der Waals surface area contributed by atoms with Crippen molar-refractivity contribution in [2.75, 3.05) is 33.4 Å². The Morgan fingerprint density at radius 3 is 2.96 bits per heavy atom. The van der Waals surface area contributed by atoms with Gasteiger partial charge in [0.25, 0.3) is 0 Å². The van der Waals surface area contributed by atoms with E-state index in [0.29, 0.717) is 38.4 Å². The molecule has 2 N–H and O–H groups in total. The number of aromatic nitrogens is 2. The number of aliphatic hydroxyl groups excluding tert-OH is 1. The first-order chi connectivity index (χ1) is 12.6. The summed E-state index contributed by atoms with van der Waals surface area (Å²) in [6.45, 7) is 2.97. The molecule has 1 aliphatic heterocycles. The van der Waals surface area contributed by atoms with E-state index in [9.17, 15) is 10.2 Å². The van der Waals surface area contributed by atoms with Gasteiger partial charge < -0.3 is 24.3 Å². The highest BCUT2D eigenvalue weighted by Crippen LogP contribution is 2.33. The first-order valence-corrected chi connectivity index (χ1v) is 8.93. The van der Waals surface area contributed by atoms with E-state index in [1.807, 2.05) is 29.0 Å². The average molecular weight is 361 g/mol. The van der Waals surface area contributed by atoms with Crippen LogP contribution < -0.4 is 9.47 Å². The Hall–Kier alpha value is -2.09. The number of methoxy groups -OCH3 is 1. The minimum atomic E-state index is -1.01. The summed E-state index contributed by atoms with van der Waals surface area (Å²) in [6, 6.07) is 5.84. The van der Waals surface area contributed by atoms with Gasteiger partial charge in [0.15, 0.2) is 11.5 Å². The van der Waals surface area contributed by atoms with E-state index in [2.05, 4.69) is 9.88 Å². The zero-order valence-corrected chi connectivity index (χ0v) is 15.2. The van der Waals surface area contributed by atoms with Gasteiger partial charge in [-0.2, -0.15) is 0 Å². The molecule has 142 valence electrons. The highest BCUT2D eigenvalue weighted by atomic mass is 16.5. The minimum Gasteiger partial charge on any atom is -0.493 e. The maximum Gasteiger partial charge on any atom is 0.165 e. The van der Waals surface area contributed by atoms with Crippen LogP contribution in [-0.4, -0.2) is 63.7 Å². The Morgan fingerprint density at radius 2 is 2.23 bits per heavy atom. The standard InChI is InChI=1S/C19H27N3O4/c1-25-17-5-2-4-16(12-22-8-3-6-19(24,13-22)14-23)18(17)26-11-10-21-9-7-20-15-21/h2,4-5,7,9,15,23-24H,3,6,8,10-14H2,1H3/t19-/m1/s1. The number of imidazole rings is 1. The van der Waals surface area contributed by atoms with Gasteiger partial charge in [-0.3, -0.25) is 4.90 Å². The molecule has 0 amide bonds. The topological polar surface area (TPSA) is 80.0 Å². The van der Waals surface area contributed by atoms with Gasteiger partial charge in [-0.15, -0.1) is 0 Å². The molecular formula is C19H27N3O4. The van der Waals surface area contributed by atoms with Gasteiger partial charge >= 0.3 is 0 Å². The first kappa shape index (κ1) is 18.7. The quantitative estimate of drug-likeness (QED) is 0.738. The van der Waals surface area contributed by atoms with Gasteiger partial charge in [0.05, 0.1) is 26.6 Å². The Kier molecular flexibility index (Phi) is 6.13. The second-order valence-electron chi connectivity index (χ2n) is 6.79. The number of benzene rings is 1. The number of hydrogen-bond donors (Lipinski definition) is 2. The Labute approximate surface area is 153 Å². The van der Waals surface area contributed by atoms with Gasteiger partial charge in [0, 0.05) is 31.0 Å². The van der Waals surface area contributed by atoms with Crippen LogP contribution in [0.15, 0.2) is 36.9 Å². The van der Waals surface area contributed by atoms with E-state index in [0.717, 1.165) is 24.3 Å². The van der Waals surface area contributed by atoms with E-state index in [1.54, 1.807) is 19.6 Å². The third-order valence-electron chi connectivity index (χ3n) is 4.76. The first-order valence-electron chi connectivity index (χ1n) is 8.93. The highest BCUT2D eigenvalue weighted by molar-refractivity contribution is 5.46. The van der Waals surface area contributed by atoms with E-state index in [1.165, 1.54) is 0 Å². The molecule has 0 unspecified atom stereocenters. The fourth-order valence-electron chi connectivity index (χ4n) is 3.39. The number of β-amino-alcohol motifs (C(OH)–C–C–N with tert-alkyl or cyclic N) is 1. The summed E-state index contributed by atoms with van der Waals surface area (Å²) >= 11 is 0. The molecule has 7 heteroatoms. The zero-order chi connectivity index (χ0) is 18.4. The van der Waals surface area contributed by atoms with Crippen molar-refractivity contribution in [1.82, 2.24) is 14.5 Å². The second-order valence-corrected chi connectivity index (χ2v) is 6.79. The molecular weight excluding hydrogens is 334 g/mol. The molecule has 0 spiro atoms. The van der Waals surface area contributed by atoms with E-state index in [4.69, 9.17) is 9.47 Å². The number of aliphatic hydroxyl groups is 2. The summed E-state index contributed by atoms with van der Waals surface area (Å²) in [5, 5.41) is 19.8. The van der Waals surface area contributed by atoms with Crippen molar-refractivity contribution >= 4 is 0 Å². The van der Waals surface area contributed by atoms with Crippen molar-refractivity contribution in [2.24, 2.45) is 0 Å². The molecule has 1 aromatic heterocycles. The lowest BCUT2D eigenvalue weighted by atomic mass is 9.93. The van der Waals surface area contributed by atoms with Gasteiger partial charge in [0.2, 0.25) is 0 Å². The van der Waals surface area contributed by atoms with Crippen LogP contribution in [-0.2, 0) is 13.1 Å². The number of hydrogen-bond acceptors (Lipinski definition) is 6. The highest BCUT2D eigenvalue weighted by Gasteiger charge is 2.32. The van der Waals surface area contributed by atoms with Crippen molar-refractivity contribution in [3.8, 4) is 11.5 Å². The number of piperidine rings is 1. The summed E-state index contributed by atoms with van der Waals surface area (Å²) in [7, 11) is 1.63. The van der Waals surface area contributed by atoms with E-state index < -0.39 is 5.60 Å². The van der Waals surface area contributed by atoms with Crippen LogP contribution in [0.3, 0.4) is 0 Å². The molecule has 1 fully saturated rings. The van der Waals surface area contributed by atoms with Crippen molar-refractivity contribution < 1.29 is 19.7 Å². The van der Waals surface area contributed by atoms with Crippen LogP contribution in [0.4, 0.5) is 0 Å². The van der Waals surface area contributed by atoms with Gasteiger partial charge in [-0.05, 0) is 25.5 Å². The van der Waals surface area contributed by atoms with Crippen molar-refractivity contribution in [1.29, 1.82) is 0 Å². The Balaban J connectivity index is 1.69. The van der Waals surface area contributed by atoms with Gasteiger partial charge in [-0.25, -0.2) is 4.98 Å². The number of rotatable bonds is 8. The van der Waals surface area contributed by atoms with Crippen molar-refractivity contribution in [3.63, 3.8) is 0 Å². The summed E-state index contributed by atoms with van der Waals surface area (Å²) < 4.78 is 13.5. The maximum atomic E-state index is 10.4. The molecule has 0 saturated carbocycles. The Bertz CT molecular complexity index is 692. The van der Waals surface area contributed by atoms with Crippen LogP contribution in [0.1, 0.15) is 18.4 Å². The molecule has 7 nitrogen and oxygen atoms in total. The largest absolute Gasteiger partial charge is 0.493 e. The zero-order valence-electron chi connectivity index (χ0n) is 15.2. The molecule has 1 aromatic carbocycles. The van der Waals surface area contributed by atoms with Crippen LogP contribution in [0, 0.1) is 0 Å². The molecule has 1 saturated heterocycles. The SMILES string of the molecule is COc1cccc(CN2CCC[C@](O)(CO)C2)c1OCCn1ccnc1. The molecule has 3 rings (SSSR count). The van der Waals surface area contributed by atoms with E-state index >= 15 is 0 Å². The number of para-hydroxylation sites is 1. The smallest absolute Gasteiger partial charge is 0.165 e. The summed E-state index contributed by atoms with van der Waals surface area (Å²) in [5.41, 5.74) is -0.00306. The van der Waals surface area contributed by atoms with Gasteiger partial charge in [-0.1, -0.05) is 12.1 Å². The normalized spacial score (nSPS) is 20.9. The molecule has 0 bridgehead atoms. The predicted molar refractivity (Wildman–Crippen MR) is 97.3 cm³/mol. The average Bonchev–Trinajstić information content (AvgIpc) is 3.16. The molecule has 2 heterocycles. The summed E-state index contributed by atoms with van der Waals surface area (Å²) in [5.74, 6) is 1.43. The number of likely N-dealkylation sites (tertiary alicyclic amines) is 1. The summed E-state index contributed by atoms with van der Waals surface area (Å²) in [4.78, 5) is 6.18. The minimum absolute atomic E-state index is 0.212. The van der Waals surface area contributed by atoms with Gasteiger partial charge in [0.1, 0.15) is 12.2 Å². The molecule has 1 atom stereocenters. The lowest BCUT2D eigenvalue weighted by molar-refractivity contribution is -0.0688. The Morgan fingerprint density at radius 1 is 1.35 bits per heavy atom. The van der Waals surface area contributed by atoms with Crippen molar-refractivity contribution in [2.45, 2.75) is 31.5 Å². The maximum absolute atomic E-state index is 10.4. The van der Waals surface area contributed by atoms with Crippen molar-refractivity contribution in [3.05, 3.63) is 42.5 Å². The fourth-order valence-corrected chi connectivity index (χ4v) is 3.39. The monoisotopic (exact) mass is 361 g/mol. The third kappa shape index (κ3) is 4.55. The van der Waals surface area contributed by atoms with E-state index in [-0.39, 0.29) is 6.61 Å². The number of nitrogens with zero attached hydrogens (tertiary/aromatic N) is 3. The van der Waals surface area contributed by atoms with Crippen LogP contribution in [0.25, 0.3) is 0 Å². The molecule has 2 aromatic rings. The molecule has 1 aliphatic rings. The lowest BCUT2D eigenvalue weighted by Gasteiger charge is -2.38. The fraction of sp³-hybridized carbons (Fsp3) is 0.526. The third-order valence-corrected chi connectivity index (χ3v) is 4.76. The van der Waals surface area contributed by atoms with Crippen LogP contribution in [0.2, 0.25) is 0 Å². The second kappa shape index (κ2) is 8.53. The predicted octanol–water partition coefficient (Wildman–Crippen LogP) is 1.29.